The number of carbonyl (C=O) groups is 2. The van der Waals surface area contributed by atoms with Gasteiger partial charge in [0.05, 0.1) is 12.0 Å². The Hall–Kier alpha value is -2.70. The summed E-state index contributed by atoms with van der Waals surface area (Å²) < 4.78 is 0. The maximum absolute atomic E-state index is 12.1. The molecular weight excluding hydrogens is 318 g/mol. The summed E-state index contributed by atoms with van der Waals surface area (Å²) in [6.45, 7) is 0.867. The van der Waals surface area contributed by atoms with E-state index in [1.807, 2.05) is 30.3 Å². The van der Waals surface area contributed by atoms with Crippen molar-refractivity contribution in [2.75, 3.05) is 11.9 Å². The van der Waals surface area contributed by atoms with Gasteiger partial charge in [-0.15, -0.1) is 0 Å². The van der Waals surface area contributed by atoms with E-state index in [-0.39, 0.29) is 11.9 Å². The fourth-order valence-electron chi connectivity index (χ4n) is 3.10. The van der Waals surface area contributed by atoms with Crippen LogP contribution in [0.5, 0.6) is 0 Å². The molecule has 4 N–H and O–H groups in total. The summed E-state index contributed by atoms with van der Waals surface area (Å²) in [4.78, 5) is 24.2. The lowest BCUT2D eigenvalue weighted by atomic mass is 9.90. The average molecular weight is 339 g/mol. The minimum absolute atomic E-state index is 0.0436. The smallest absolute Gasteiger partial charge is 0.255 e. The van der Waals surface area contributed by atoms with E-state index < -0.39 is 11.8 Å². The molecule has 6 nitrogen and oxygen atoms in total. The molecule has 2 unspecified atom stereocenters. The Labute approximate surface area is 146 Å². The Bertz CT molecular complexity index is 725. The first kappa shape index (κ1) is 17.1. The van der Waals surface area contributed by atoms with Crippen molar-refractivity contribution in [3.8, 4) is 0 Å². The van der Waals surface area contributed by atoms with Crippen molar-refractivity contribution in [2.24, 2.45) is 0 Å². The van der Waals surface area contributed by atoms with Gasteiger partial charge in [0, 0.05) is 5.69 Å². The molecule has 2 atom stereocenters. The minimum Gasteiger partial charge on any atom is -0.325 e. The molecule has 1 fully saturated rings. The molecule has 6 heteroatoms. The molecular formula is C19H21N3O3. The van der Waals surface area contributed by atoms with Gasteiger partial charge in [0.1, 0.15) is 0 Å². The van der Waals surface area contributed by atoms with Gasteiger partial charge in [0.2, 0.25) is 5.91 Å². The zero-order valence-corrected chi connectivity index (χ0v) is 13.7. The van der Waals surface area contributed by atoms with Gasteiger partial charge >= 0.3 is 0 Å². The van der Waals surface area contributed by atoms with Crippen molar-refractivity contribution in [2.45, 2.75) is 24.8 Å². The number of anilines is 1. The van der Waals surface area contributed by atoms with Crippen LogP contribution >= 0.6 is 0 Å². The quantitative estimate of drug-likeness (QED) is 0.495. The van der Waals surface area contributed by atoms with E-state index in [4.69, 9.17) is 5.21 Å². The predicted molar refractivity (Wildman–Crippen MR) is 94.3 cm³/mol. The molecule has 0 aliphatic carbocycles. The molecule has 130 valence electrons. The molecule has 2 aromatic carbocycles. The molecule has 2 aromatic rings. The number of hydrogen-bond acceptors (Lipinski definition) is 4. The summed E-state index contributed by atoms with van der Waals surface area (Å²) >= 11 is 0. The van der Waals surface area contributed by atoms with Gasteiger partial charge in [-0.05, 0) is 42.6 Å². The lowest BCUT2D eigenvalue weighted by Gasteiger charge is -2.17. The number of rotatable bonds is 5. The third kappa shape index (κ3) is 4.04. The van der Waals surface area contributed by atoms with E-state index in [9.17, 15) is 9.59 Å². The number of nitrogens with one attached hydrogen (secondary N) is 3. The number of hydroxylamine groups is 1. The molecule has 0 spiro atoms. The van der Waals surface area contributed by atoms with Crippen molar-refractivity contribution < 1.29 is 14.8 Å². The Morgan fingerprint density at radius 2 is 1.72 bits per heavy atom. The zero-order chi connectivity index (χ0) is 17.6. The van der Waals surface area contributed by atoms with Gasteiger partial charge in [0.25, 0.3) is 5.91 Å². The fraction of sp³-hybridized carbons (Fsp3) is 0.263. The first-order valence-corrected chi connectivity index (χ1v) is 8.32. The number of benzene rings is 2. The van der Waals surface area contributed by atoms with Gasteiger partial charge in [-0.25, -0.2) is 5.48 Å². The molecule has 0 bridgehead atoms. The Morgan fingerprint density at radius 1 is 1.04 bits per heavy atom. The third-order valence-corrected chi connectivity index (χ3v) is 4.39. The standard InChI is InChI=1S/C19H21N3O3/c23-18(16-7-4-12-20-16)21-15-10-8-14(9-11-15)17(19(24)22-25)13-5-2-1-3-6-13/h1-3,5-6,8-11,16-17,20,25H,4,7,12H2,(H,21,23)(H,22,24). The highest BCUT2D eigenvalue weighted by Crippen LogP contribution is 2.26. The van der Waals surface area contributed by atoms with Crippen LogP contribution in [0.1, 0.15) is 29.9 Å². The summed E-state index contributed by atoms with van der Waals surface area (Å²) in [5.74, 6) is -1.16. The maximum Gasteiger partial charge on any atom is 0.255 e. The molecule has 1 aliphatic rings. The molecule has 1 aliphatic heterocycles. The molecule has 2 amide bonds. The molecule has 1 saturated heterocycles. The summed E-state index contributed by atoms with van der Waals surface area (Å²) in [5, 5.41) is 15.1. The van der Waals surface area contributed by atoms with Crippen molar-refractivity contribution in [3.63, 3.8) is 0 Å². The van der Waals surface area contributed by atoms with Gasteiger partial charge in [0.15, 0.2) is 0 Å². The van der Waals surface area contributed by atoms with Crippen LogP contribution in [0.3, 0.4) is 0 Å². The lowest BCUT2D eigenvalue weighted by Crippen LogP contribution is -2.35. The van der Waals surface area contributed by atoms with Crippen molar-refractivity contribution >= 4 is 17.5 Å². The highest BCUT2D eigenvalue weighted by molar-refractivity contribution is 5.95. The molecule has 25 heavy (non-hydrogen) atoms. The first-order chi connectivity index (χ1) is 12.2. The van der Waals surface area contributed by atoms with Crippen molar-refractivity contribution in [1.29, 1.82) is 0 Å². The Morgan fingerprint density at radius 3 is 2.32 bits per heavy atom. The van der Waals surface area contributed by atoms with E-state index in [2.05, 4.69) is 10.6 Å². The monoisotopic (exact) mass is 339 g/mol. The van der Waals surface area contributed by atoms with Crippen LogP contribution in [0, 0.1) is 0 Å². The van der Waals surface area contributed by atoms with Gasteiger partial charge in [-0.2, -0.15) is 0 Å². The topological polar surface area (TPSA) is 90.5 Å². The van der Waals surface area contributed by atoms with Crippen molar-refractivity contribution in [3.05, 3.63) is 65.7 Å². The molecule has 1 heterocycles. The van der Waals surface area contributed by atoms with Crippen LogP contribution < -0.4 is 16.1 Å². The second-order valence-corrected chi connectivity index (χ2v) is 6.08. The molecule has 0 radical (unpaired) electrons. The summed E-state index contributed by atoms with van der Waals surface area (Å²) in [6, 6.07) is 16.2. The molecule has 0 aromatic heterocycles. The summed E-state index contributed by atoms with van der Waals surface area (Å²) in [7, 11) is 0. The highest BCUT2D eigenvalue weighted by Gasteiger charge is 2.24. The van der Waals surface area contributed by atoms with Crippen LogP contribution in [0.2, 0.25) is 0 Å². The van der Waals surface area contributed by atoms with E-state index in [1.165, 1.54) is 0 Å². The maximum atomic E-state index is 12.1. The van der Waals surface area contributed by atoms with Gasteiger partial charge < -0.3 is 10.6 Å². The molecule has 3 rings (SSSR count). The Kier molecular flexibility index (Phi) is 5.42. The second kappa shape index (κ2) is 7.92. The predicted octanol–water partition coefficient (Wildman–Crippen LogP) is 2.01. The van der Waals surface area contributed by atoms with Crippen LogP contribution in [-0.4, -0.2) is 29.6 Å². The number of amides is 2. The average Bonchev–Trinajstić information content (AvgIpc) is 3.19. The normalized spacial score (nSPS) is 17.7. The van der Waals surface area contributed by atoms with Crippen LogP contribution in [0.15, 0.2) is 54.6 Å². The largest absolute Gasteiger partial charge is 0.325 e. The zero-order valence-electron chi connectivity index (χ0n) is 13.7. The first-order valence-electron chi connectivity index (χ1n) is 8.32. The fourth-order valence-corrected chi connectivity index (χ4v) is 3.10. The highest BCUT2D eigenvalue weighted by atomic mass is 16.5. The third-order valence-electron chi connectivity index (χ3n) is 4.39. The van der Waals surface area contributed by atoms with E-state index in [0.29, 0.717) is 5.69 Å². The van der Waals surface area contributed by atoms with E-state index >= 15 is 0 Å². The summed E-state index contributed by atoms with van der Waals surface area (Å²) in [5.41, 5.74) is 3.92. The number of hydrogen-bond donors (Lipinski definition) is 4. The van der Waals surface area contributed by atoms with Crippen molar-refractivity contribution in [1.82, 2.24) is 10.8 Å². The van der Waals surface area contributed by atoms with E-state index in [1.54, 1.807) is 29.7 Å². The molecule has 0 saturated carbocycles. The Balaban J connectivity index is 1.77. The minimum atomic E-state index is -0.618. The number of carbonyl (C=O) groups excluding carboxylic acids is 2. The van der Waals surface area contributed by atoms with Crippen LogP contribution in [0.4, 0.5) is 5.69 Å². The lowest BCUT2D eigenvalue weighted by molar-refractivity contribution is -0.129. The SMILES string of the molecule is O=C(Nc1ccc(C(C(=O)NO)c2ccccc2)cc1)C1CCCN1. The summed E-state index contributed by atoms with van der Waals surface area (Å²) in [6.07, 6.45) is 1.85. The van der Waals surface area contributed by atoms with Crippen LogP contribution in [-0.2, 0) is 9.59 Å². The van der Waals surface area contributed by atoms with Crippen LogP contribution in [0.25, 0.3) is 0 Å². The van der Waals surface area contributed by atoms with Gasteiger partial charge in [-0.3, -0.25) is 14.8 Å². The van der Waals surface area contributed by atoms with E-state index in [0.717, 1.165) is 30.5 Å². The second-order valence-electron chi connectivity index (χ2n) is 6.08. The van der Waals surface area contributed by atoms with Gasteiger partial charge in [-0.1, -0.05) is 42.5 Å².